The van der Waals surface area contributed by atoms with Crippen molar-refractivity contribution >= 4 is 40.7 Å². The van der Waals surface area contributed by atoms with Gasteiger partial charge in [0.2, 0.25) is 0 Å². The van der Waals surface area contributed by atoms with E-state index in [9.17, 15) is 19.7 Å². The van der Waals surface area contributed by atoms with Gasteiger partial charge in [-0.05, 0) is 31.0 Å². The van der Waals surface area contributed by atoms with E-state index in [1.165, 1.54) is 18.2 Å². The minimum atomic E-state index is -0.787. The number of nitro benzene ring substituents is 1. The van der Waals surface area contributed by atoms with Crippen LogP contribution in [0.2, 0.25) is 5.02 Å². The Kier molecular flexibility index (Phi) is 5.99. The SMILES string of the molecule is O=C(COC(=O)c1ccc(N2CCCC2)nn1)Nc1ccc([N+](=O)[O-])cc1Cl. The van der Waals surface area contributed by atoms with Crippen molar-refractivity contribution in [2.24, 2.45) is 0 Å². The molecule has 0 radical (unpaired) electrons. The van der Waals surface area contributed by atoms with Gasteiger partial charge in [-0.2, -0.15) is 0 Å². The number of rotatable bonds is 6. The van der Waals surface area contributed by atoms with Gasteiger partial charge in [0, 0.05) is 25.2 Å². The number of esters is 1. The maximum Gasteiger partial charge on any atom is 0.359 e. The van der Waals surface area contributed by atoms with E-state index in [1.54, 1.807) is 6.07 Å². The topological polar surface area (TPSA) is 128 Å². The number of benzene rings is 1. The summed E-state index contributed by atoms with van der Waals surface area (Å²) in [6.07, 6.45) is 2.19. The molecule has 2 heterocycles. The highest BCUT2D eigenvalue weighted by molar-refractivity contribution is 6.34. The number of ether oxygens (including phenoxy) is 1. The van der Waals surface area contributed by atoms with Crippen LogP contribution in [0.3, 0.4) is 0 Å². The third kappa shape index (κ3) is 4.71. The van der Waals surface area contributed by atoms with E-state index in [4.69, 9.17) is 16.3 Å². The van der Waals surface area contributed by atoms with E-state index >= 15 is 0 Å². The van der Waals surface area contributed by atoms with Gasteiger partial charge in [-0.25, -0.2) is 4.79 Å². The smallest absolute Gasteiger partial charge is 0.359 e. The van der Waals surface area contributed by atoms with Crippen LogP contribution in [0.1, 0.15) is 23.3 Å². The van der Waals surface area contributed by atoms with E-state index in [-0.39, 0.29) is 22.1 Å². The molecule has 0 unspecified atom stereocenters. The van der Waals surface area contributed by atoms with Crippen molar-refractivity contribution < 1.29 is 19.2 Å². The molecule has 11 heteroatoms. The quantitative estimate of drug-likeness (QED) is 0.441. The molecule has 146 valence electrons. The molecule has 1 aromatic carbocycles. The fourth-order valence-electron chi connectivity index (χ4n) is 2.66. The summed E-state index contributed by atoms with van der Waals surface area (Å²) in [5, 5.41) is 21.0. The Bertz CT molecular complexity index is 899. The summed E-state index contributed by atoms with van der Waals surface area (Å²) in [5.74, 6) is -0.740. The lowest BCUT2D eigenvalue weighted by molar-refractivity contribution is -0.384. The molecule has 0 atom stereocenters. The summed E-state index contributed by atoms with van der Waals surface area (Å²) in [4.78, 5) is 36.1. The summed E-state index contributed by atoms with van der Waals surface area (Å²) in [5.41, 5.74) is -0.0439. The highest BCUT2D eigenvalue weighted by Gasteiger charge is 2.17. The summed E-state index contributed by atoms with van der Waals surface area (Å²) >= 11 is 5.90. The van der Waals surface area contributed by atoms with Crippen molar-refractivity contribution in [3.05, 3.63) is 51.2 Å². The molecular weight excluding hydrogens is 390 g/mol. The number of hydrogen-bond donors (Lipinski definition) is 1. The van der Waals surface area contributed by atoms with Gasteiger partial charge < -0.3 is 15.0 Å². The zero-order valence-corrected chi connectivity index (χ0v) is 15.4. The third-order valence-corrected chi connectivity index (χ3v) is 4.37. The zero-order valence-electron chi connectivity index (χ0n) is 14.6. The summed E-state index contributed by atoms with van der Waals surface area (Å²) in [6, 6.07) is 6.79. The van der Waals surface area contributed by atoms with Crippen molar-refractivity contribution in [1.29, 1.82) is 0 Å². The van der Waals surface area contributed by atoms with E-state index in [1.807, 2.05) is 0 Å². The maximum atomic E-state index is 12.0. The molecule has 28 heavy (non-hydrogen) atoms. The van der Waals surface area contributed by atoms with Crippen molar-refractivity contribution in [1.82, 2.24) is 10.2 Å². The molecule has 10 nitrogen and oxygen atoms in total. The summed E-state index contributed by atoms with van der Waals surface area (Å²) < 4.78 is 4.91. The minimum absolute atomic E-state index is 0.00255. The third-order valence-electron chi connectivity index (χ3n) is 4.06. The molecule has 1 fully saturated rings. The van der Waals surface area contributed by atoms with Crippen LogP contribution < -0.4 is 10.2 Å². The Morgan fingerprint density at radius 1 is 1.21 bits per heavy atom. The van der Waals surface area contributed by atoms with Gasteiger partial charge in [-0.1, -0.05) is 11.6 Å². The van der Waals surface area contributed by atoms with Gasteiger partial charge in [0.25, 0.3) is 11.6 Å². The molecule has 1 aromatic heterocycles. The number of carbonyl (C=O) groups is 2. The highest BCUT2D eigenvalue weighted by Crippen LogP contribution is 2.26. The number of nitrogens with one attached hydrogen (secondary N) is 1. The molecule has 0 bridgehead atoms. The number of anilines is 2. The highest BCUT2D eigenvalue weighted by atomic mass is 35.5. The van der Waals surface area contributed by atoms with E-state index < -0.39 is 23.4 Å². The number of halogens is 1. The predicted octanol–water partition coefficient (Wildman–Crippen LogP) is 2.43. The first-order valence-electron chi connectivity index (χ1n) is 8.43. The second-order valence-electron chi connectivity index (χ2n) is 6.02. The van der Waals surface area contributed by atoms with Gasteiger partial charge >= 0.3 is 5.97 Å². The molecule has 1 amide bonds. The van der Waals surface area contributed by atoms with E-state index in [0.29, 0.717) is 5.82 Å². The number of nitrogens with zero attached hydrogens (tertiary/aromatic N) is 4. The van der Waals surface area contributed by atoms with Gasteiger partial charge in [-0.3, -0.25) is 14.9 Å². The van der Waals surface area contributed by atoms with Crippen molar-refractivity contribution in [3.8, 4) is 0 Å². The predicted molar refractivity (Wildman–Crippen MR) is 100 cm³/mol. The van der Waals surface area contributed by atoms with Crippen LogP contribution >= 0.6 is 11.6 Å². The normalized spacial score (nSPS) is 13.2. The second kappa shape index (κ2) is 8.61. The van der Waals surface area contributed by atoms with Crippen LogP contribution in [0.5, 0.6) is 0 Å². The number of nitro groups is 1. The number of aromatic nitrogens is 2. The Morgan fingerprint density at radius 2 is 1.96 bits per heavy atom. The van der Waals surface area contributed by atoms with Crippen LogP contribution in [-0.2, 0) is 9.53 Å². The summed E-state index contributed by atoms with van der Waals surface area (Å²) in [6.45, 7) is 1.25. The molecule has 3 rings (SSSR count). The molecule has 1 aliphatic heterocycles. The van der Waals surface area contributed by atoms with Crippen LogP contribution in [0.15, 0.2) is 30.3 Å². The van der Waals surface area contributed by atoms with E-state index in [2.05, 4.69) is 20.4 Å². The zero-order chi connectivity index (χ0) is 20.1. The molecule has 2 aromatic rings. The van der Waals surface area contributed by atoms with Crippen LogP contribution in [0, 0.1) is 10.1 Å². The largest absolute Gasteiger partial charge is 0.451 e. The maximum absolute atomic E-state index is 12.0. The second-order valence-corrected chi connectivity index (χ2v) is 6.42. The van der Waals surface area contributed by atoms with Crippen molar-refractivity contribution in [3.63, 3.8) is 0 Å². The van der Waals surface area contributed by atoms with Crippen molar-refractivity contribution in [2.45, 2.75) is 12.8 Å². The Balaban J connectivity index is 1.52. The Labute approximate surface area is 164 Å². The number of amides is 1. The molecule has 1 aliphatic rings. The average Bonchev–Trinajstić information content (AvgIpc) is 3.22. The first-order chi connectivity index (χ1) is 13.4. The lowest BCUT2D eigenvalue weighted by Crippen LogP contribution is -2.22. The first-order valence-corrected chi connectivity index (χ1v) is 8.81. The van der Waals surface area contributed by atoms with Gasteiger partial charge in [0.1, 0.15) is 0 Å². The van der Waals surface area contributed by atoms with Gasteiger partial charge in [0.15, 0.2) is 18.1 Å². The monoisotopic (exact) mass is 405 g/mol. The molecule has 1 saturated heterocycles. The molecular formula is C17H16ClN5O5. The Morgan fingerprint density at radius 3 is 2.57 bits per heavy atom. The summed E-state index contributed by atoms with van der Waals surface area (Å²) in [7, 11) is 0. The number of carbonyl (C=O) groups excluding carboxylic acids is 2. The molecule has 0 saturated carbocycles. The van der Waals surface area contributed by atoms with Gasteiger partial charge in [-0.15, -0.1) is 10.2 Å². The van der Waals surface area contributed by atoms with Crippen LogP contribution in [0.25, 0.3) is 0 Å². The van der Waals surface area contributed by atoms with Crippen molar-refractivity contribution in [2.75, 3.05) is 29.9 Å². The van der Waals surface area contributed by atoms with E-state index in [0.717, 1.165) is 32.0 Å². The number of non-ortho nitro benzene ring substituents is 1. The molecule has 0 spiro atoms. The lowest BCUT2D eigenvalue weighted by Gasteiger charge is -2.15. The standard InChI is InChI=1S/C17H16ClN5O5/c18-12-9-11(23(26)27)3-4-13(12)19-16(24)10-28-17(25)14-5-6-15(21-20-14)22-7-1-2-8-22/h3-6,9H,1-2,7-8,10H2,(H,19,24). The fraction of sp³-hybridized carbons (Fsp3) is 0.294. The van der Waals surface area contributed by atoms with Crippen LogP contribution in [0.4, 0.5) is 17.2 Å². The lowest BCUT2D eigenvalue weighted by atomic mass is 10.3. The fourth-order valence-corrected chi connectivity index (χ4v) is 2.88. The van der Waals surface area contributed by atoms with Gasteiger partial charge in [0.05, 0.1) is 15.6 Å². The first kappa shape index (κ1) is 19.5. The Hall–Kier alpha value is -3.27. The van der Waals surface area contributed by atoms with Crippen LogP contribution in [-0.4, -0.2) is 46.7 Å². The molecule has 1 N–H and O–H groups in total. The number of hydrogen-bond acceptors (Lipinski definition) is 8. The average molecular weight is 406 g/mol. The minimum Gasteiger partial charge on any atom is -0.451 e. The molecule has 0 aliphatic carbocycles.